The standard InChI is InChI=1S/C19H21ClN2O2/c1-24-18-11-17(21)16(20)10-15(18)19(23)22-8-7-14(12-22)9-13-5-3-2-4-6-13/h2-6,10-11,14H,7-9,12,21H2,1H3. The lowest BCUT2D eigenvalue weighted by Gasteiger charge is -2.19. The van der Waals surface area contributed by atoms with E-state index in [0.717, 1.165) is 25.9 Å². The number of hydrogen-bond acceptors (Lipinski definition) is 3. The first-order valence-electron chi connectivity index (χ1n) is 8.04. The smallest absolute Gasteiger partial charge is 0.257 e. The van der Waals surface area contributed by atoms with Gasteiger partial charge in [-0.15, -0.1) is 0 Å². The Morgan fingerprint density at radius 1 is 1.33 bits per heavy atom. The molecule has 0 aromatic heterocycles. The molecule has 0 spiro atoms. The summed E-state index contributed by atoms with van der Waals surface area (Å²) in [4.78, 5) is 14.7. The summed E-state index contributed by atoms with van der Waals surface area (Å²) in [6, 6.07) is 13.6. The zero-order valence-electron chi connectivity index (χ0n) is 13.7. The third-order valence-electron chi connectivity index (χ3n) is 4.49. The van der Waals surface area contributed by atoms with E-state index < -0.39 is 0 Å². The molecule has 3 rings (SSSR count). The average Bonchev–Trinajstić information content (AvgIpc) is 3.05. The number of anilines is 1. The Morgan fingerprint density at radius 3 is 2.79 bits per heavy atom. The Hall–Kier alpha value is -2.20. The zero-order chi connectivity index (χ0) is 17.1. The molecule has 1 atom stereocenters. The number of rotatable bonds is 4. The molecule has 1 aliphatic rings. The van der Waals surface area contributed by atoms with E-state index in [2.05, 4.69) is 24.3 Å². The van der Waals surface area contributed by atoms with Gasteiger partial charge >= 0.3 is 0 Å². The highest BCUT2D eigenvalue weighted by Gasteiger charge is 2.29. The lowest BCUT2D eigenvalue weighted by Crippen LogP contribution is -2.29. The highest BCUT2D eigenvalue weighted by molar-refractivity contribution is 6.33. The monoisotopic (exact) mass is 344 g/mol. The van der Waals surface area contributed by atoms with Crippen molar-refractivity contribution in [3.05, 3.63) is 58.6 Å². The third kappa shape index (κ3) is 3.49. The maximum atomic E-state index is 12.8. The minimum atomic E-state index is -0.0516. The Labute approximate surface area is 147 Å². The van der Waals surface area contributed by atoms with Gasteiger partial charge in [0.05, 0.1) is 23.4 Å². The summed E-state index contributed by atoms with van der Waals surface area (Å²) in [5.41, 5.74) is 7.98. The Bertz CT molecular complexity index is 734. The summed E-state index contributed by atoms with van der Waals surface area (Å²) in [6.07, 6.45) is 2.00. The molecule has 2 aromatic carbocycles. The van der Waals surface area contributed by atoms with Crippen LogP contribution in [-0.2, 0) is 6.42 Å². The summed E-state index contributed by atoms with van der Waals surface area (Å²) < 4.78 is 5.30. The summed E-state index contributed by atoms with van der Waals surface area (Å²) >= 11 is 6.08. The molecule has 4 nitrogen and oxygen atoms in total. The van der Waals surface area contributed by atoms with Gasteiger partial charge in [-0.25, -0.2) is 0 Å². The van der Waals surface area contributed by atoms with E-state index >= 15 is 0 Å². The summed E-state index contributed by atoms with van der Waals surface area (Å²) in [5, 5.41) is 0.374. The molecule has 5 heteroatoms. The van der Waals surface area contributed by atoms with Crippen molar-refractivity contribution in [3.63, 3.8) is 0 Å². The molecule has 0 saturated carbocycles. The molecular weight excluding hydrogens is 324 g/mol. The number of nitrogen functional groups attached to an aromatic ring is 1. The average molecular weight is 345 g/mol. The normalized spacial score (nSPS) is 17.1. The molecule has 2 aromatic rings. The predicted octanol–water partition coefficient (Wildman–Crippen LogP) is 3.64. The number of methoxy groups -OCH3 is 1. The topological polar surface area (TPSA) is 55.6 Å². The van der Waals surface area contributed by atoms with Gasteiger partial charge in [0.25, 0.3) is 5.91 Å². The molecule has 0 bridgehead atoms. The van der Waals surface area contributed by atoms with Gasteiger partial charge < -0.3 is 15.4 Å². The van der Waals surface area contributed by atoms with Gasteiger partial charge in [-0.3, -0.25) is 4.79 Å². The summed E-state index contributed by atoms with van der Waals surface area (Å²) in [6.45, 7) is 1.50. The van der Waals surface area contributed by atoms with Gasteiger partial charge in [0.1, 0.15) is 5.75 Å². The quantitative estimate of drug-likeness (QED) is 0.861. The van der Waals surface area contributed by atoms with Crippen LogP contribution in [0.25, 0.3) is 0 Å². The molecule has 1 unspecified atom stereocenters. The lowest BCUT2D eigenvalue weighted by atomic mass is 9.99. The number of nitrogens with two attached hydrogens (primary N) is 1. The third-order valence-corrected chi connectivity index (χ3v) is 4.82. The van der Waals surface area contributed by atoms with E-state index in [4.69, 9.17) is 22.1 Å². The van der Waals surface area contributed by atoms with Crippen LogP contribution < -0.4 is 10.5 Å². The number of benzene rings is 2. The lowest BCUT2D eigenvalue weighted by molar-refractivity contribution is 0.0784. The number of amides is 1. The highest BCUT2D eigenvalue weighted by Crippen LogP contribution is 2.31. The maximum absolute atomic E-state index is 12.8. The van der Waals surface area contributed by atoms with Crippen LogP contribution in [0.3, 0.4) is 0 Å². The minimum Gasteiger partial charge on any atom is -0.496 e. The summed E-state index contributed by atoms with van der Waals surface area (Å²) in [7, 11) is 1.53. The predicted molar refractivity (Wildman–Crippen MR) is 96.6 cm³/mol. The molecule has 2 N–H and O–H groups in total. The van der Waals surface area contributed by atoms with Gasteiger partial charge in [0.2, 0.25) is 0 Å². The molecule has 1 aliphatic heterocycles. The van der Waals surface area contributed by atoms with Crippen molar-refractivity contribution in [3.8, 4) is 5.75 Å². The molecule has 1 saturated heterocycles. The summed E-state index contributed by atoms with van der Waals surface area (Å²) in [5.74, 6) is 0.893. The number of ether oxygens (including phenoxy) is 1. The number of halogens is 1. The van der Waals surface area contributed by atoms with Crippen molar-refractivity contribution >= 4 is 23.2 Å². The molecule has 0 radical (unpaired) electrons. The van der Waals surface area contributed by atoms with Crippen LogP contribution in [-0.4, -0.2) is 31.0 Å². The van der Waals surface area contributed by atoms with Crippen LogP contribution in [0.1, 0.15) is 22.3 Å². The van der Waals surface area contributed by atoms with Crippen molar-refractivity contribution in [2.45, 2.75) is 12.8 Å². The second-order valence-electron chi connectivity index (χ2n) is 6.17. The van der Waals surface area contributed by atoms with Gasteiger partial charge in [-0.05, 0) is 30.4 Å². The second-order valence-corrected chi connectivity index (χ2v) is 6.58. The first kappa shape index (κ1) is 16.7. The van der Waals surface area contributed by atoms with E-state index in [1.54, 1.807) is 12.1 Å². The number of carbonyl (C=O) groups is 1. The number of nitrogens with zero attached hydrogens (tertiary/aromatic N) is 1. The van der Waals surface area contributed by atoms with Gasteiger partial charge in [0, 0.05) is 19.2 Å². The molecule has 1 heterocycles. The fourth-order valence-corrected chi connectivity index (χ4v) is 3.37. The van der Waals surface area contributed by atoms with Crippen molar-refractivity contribution in [2.75, 3.05) is 25.9 Å². The van der Waals surface area contributed by atoms with Crippen LogP contribution in [0, 0.1) is 5.92 Å². The van der Waals surface area contributed by atoms with Gasteiger partial charge in [-0.1, -0.05) is 41.9 Å². The molecule has 0 aliphatic carbocycles. The molecule has 126 valence electrons. The van der Waals surface area contributed by atoms with Crippen molar-refractivity contribution in [2.24, 2.45) is 5.92 Å². The second kappa shape index (κ2) is 7.14. The first-order valence-corrected chi connectivity index (χ1v) is 8.42. The van der Waals surface area contributed by atoms with Crippen molar-refractivity contribution in [1.82, 2.24) is 4.90 Å². The Balaban J connectivity index is 1.72. The van der Waals surface area contributed by atoms with E-state index in [9.17, 15) is 4.79 Å². The SMILES string of the molecule is COc1cc(N)c(Cl)cc1C(=O)N1CCC(Cc2ccccc2)C1. The highest BCUT2D eigenvalue weighted by atomic mass is 35.5. The van der Waals surface area contributed by atoms with E-state index in [1.165, 1.54) is 12.7 Å². The maximum Gasteiger partial charge on any atom is 0.257 e. The van der Waals surface area contributed by atoms with Gasteiger partial charge in [0.15, 0.2) is 0 Å². The van der Waals surface area contributed by atoms with E-state index in [0.29, 0.717) is 27.9 Å². The first-order chi connectivity index (χ1) is 11.6. The number of hydrogen-bond donors (Lipinski definition) is 1. The molecule has 1 amide bonds. The molecule has 24 heavy (non-hydrogen) atoms. The molecular formula is C19H21ClN2O2. The zero-order valence-corrected chi connectivity index (χ0v) is 14.4. The largest absolute Gasteiger partial charge is 0.496 e. The van der Waals surface area contributed by atoms with Crippen LogP contribution >= 0.6 is 11.6 Å². The molecule has 1 fully saturated rings. The van der Waals surface area contributed by atoms with Crippen LogP contribution in [0.15, 0.2) is 42.5 Å². The fourth-order valence-electron chi connectivity index (χ4n) is 3.21. The van der Waals surface area contributed by atoms with Crippen molar-refractivity contribution < 1.29 is 9.53 Å². The van der Waals surface area contributed by atoms with E-state index in [-0.39, 0.29) is 5.91 Å². The van der Waals surface area contributed by atoms with Crippen LogP contribution in [0.4, 0.5) is 5.69 Å². The minimum absolute atomic E-state index is 0.0516. The fraction of sp³-hybridized carbons (Fsp3) is 0.316. The van der Waals surface area contributed by atoms with Crippen molar-refractivity contribution in [1.29, 1.82) is 0 Å². The number of likely N-dealkylation sites (tertiary alicyclic amines) is 1. The van der Waals surface area contributed by atoms with E-state index in [1.807, 2.05) is 11.0 Å². The Kier molecular flexibility index (Phi) is 4.95. The van der Waals surface area contributed by atoms with Gasteiger partial charge in [-0.2, -0.15) is 0 Å². The number of carbonyl (C=O) groups excluding carboxylic acids is 1. The van der Waals surface area contributed by atoms with Crippen LogP contribution in [0.5, 0.6) is 5.75 Å². The van der Waals surface area contributed by atoms with Crippen LogP contribution in [0.2, 0.25) is 5.02 Å². The Morgan fingerprint density at radius 2 is 2.08 bits per heavy atom.